The lowest BCUT2D eigenvalue weighted by atomic mass is 10.1. The highest BCUT2D eigenvalue weighted by Crippen LogP contribution is 2.40. The van der Waals surface area contributed by atoms with Gasteiger partial charge in [-0.2, -0.15) is 0 Å². The molecule has 0 aromatic heterocycles. The highest BCUT2D eigenvalue weighted by atomic mass is 16.5. The molecule has 0 fully saturated rings. The Balaban J connectivity index is 2.11. The maximum absolute atomic E-state index is 11.9. The van der Waals surface area contributed by atoms with E-state index in [-0.39, 0.29) is 11.8 Å². The van der Waals surface area contributed by atoms with Crippen LogP contribution in [0.25, 0.3) is 0 Å². The first-order chi connectivity index (χ1) is 9.15. The summed E-state index contributed by atoms with van der Waals surface area (Å²) in [5.41, 5.74) is 1.68. The smallest absolute Gasteiger partial charge is 0.272 e. The van der Waals surface area contributed by atoms with E-state index in [9.17, 15) is 9.59 Å². The Morgan fingerprint density at radius 3 is 2.74 bits per heavy atom. The first kappa shape index (κ1) is 12.0. The molecular formula is C15H15NO3. The molecule has 4 nitrogen and oxygen atoms in total. The average Bonchev–Trinajstić information content (AvgIpc) is 2.74. The molecule has 3 rings (SSSR count). The van der Waals surface area contributed by atoms with Gasteiger partial charge in [-0.25, -0.2) is 0 Å². The van der Waals surface area contributed by atoms with Crippen LogP contribution in [0.3, 0.4) is 0 Å². The van der Waals surface area contributed by atoms with Gasteiger partial charge in [0.1, 0.15) is 5.69 Å². The molecule has 1 aliphatic rings. The first-order valence-corrected chi connectivity index (χ1v) is 6.48. The predicted molar refractivity (Wildman–Crippen MR) is 74.3 cm³/mol. The fourth-order valence-electron chi connectivity index (χ4n) is 2.76. The zero-order chi connectivity index (χ0) is 13.6. The van der Waals surface area contributed by atoms with Crippen LogP contribution in [0.15, 0.2) is 33.9 Å². The summed E-state index contributed by atoms with van der Waals surface area (Å²) in [6, 6.07) is 8.12. The molecular weight excluding hydrogens is 242 g/mol. The van der Waals surface area contributed by atoms with Gasteiger partial charge >= 0.3 is 0 Å². The van der Waals surface area contributed by atoms with Crippen LogP contribution in [-0.2, 0) is 6.42 Å². The molecule has 1 aliphatic heterocycles. The summed E-state index contributed by atoms with van der Waals surface area (Å²) in [7, 11) is 0. The third-order valence-electron chi connectivity index (χ3n) is 3.58. The molecule has 0 saturated carbocycles. The maximum Gasteiger partial charge on any atom is 0.272 e. The quantitative estimate of drug-likeness (QED) is 0.786. The van der Waals surface area contributed by atoms with E-state index in [0.717, 1.165) is 12.1 Å². The molecule has 1 heterocycles. The summed E-state index contributed by atoms with van der Waals surface area (Å²) in [4.78, 5) is 25.4. The van der Waals surface area contributed by atoms with Crippen LogP contribution in [0.5, 0.6) is 5.75 Å². The number of hydrogen-bond donors (Lipinski definition) is 0. The fourth-order valence-corrected chi connectivity index (χ4v) is 2.76. The van der Waals surface area contributed by atoms with E-state index in [1.165, 1.54) is 5.56 Å². The zero-order valence-corrected chi connectivity index (χ0v) is 11.0. The SMILES string of the molecule is CCOc1c(N2c3ccccc3CC2C)c(=O)c1=O. The highest BCUT2D eigenvalue weighted by molar-refractivity contribution is 5.77. The van der Waals surface area contributed by atoms with Crippen molar-refractivity contribution in [2.24, 2.45) is 0 Å². The van der Waals surface area contributed by atoms with Gasteiger partial charge in [-0.05, 0) is 31.9 Å². The first-order valence-electron chi connectivity index (χ1n) is 6.48. The second kappa shape index (κ2) is 4.23. The Labute approximate surface area is 110 Å². The van der Waals surface area contributed by atoms with Crippen LogP contribution in [0.4, 0.5) is 11.4 Å². The van der Waals surface area contributed by atoms with Crippen molar-refractivity contribution in [3.63, 3.8) is 0 Å². The highest BCUT2D eigenvalue weighted by Gasteiger charge is 2.35. The van der Waals surface area contributed by atoms with Crippen molar-refractivity contribution in [2.45, 2.75) is 26.3 Å². The van der Waals surface area contributed by atoms with E-state index >= 15 is 0 Å². The topological polar surface area (TPSA) is 46.6 Å². The molecule has 1 atom stereocenters. The van der Waals surface area contributed by atoms with Crippen molar-refractivity contribution in [3.8, 4) is 5.75 Å². The van der Waals surface area contributed by atoms with Crippen LogP contribution in [0, 0.1) is 0 Å². The van der Waals surface area contributed by atoms with Gasteiger partial charge in [-0.3, -0.25) is 9.59 Å². The molecule has 1 unspecified atom stereocenters. The van der Waals surface area contributed by atoms with Crippen LogP contribution in [0.1, 0.15) is 19.4 Å². The van der Waals surface area contributed by atoms with E-state index in [0.29, 0.717) is 12.3 Å². The van der Waals surface area contributed by atoms with Gasteiger partial charge in [-0.15, -0.1) is 0 Å². The van der Waals surface area contributed by atoms with Gasteiger partial charge in [0.15, 0.2) is 5.75 Å². The van der Waals surface area contributed by atoms with Crippen LogP contribution >= 0.6 is 0 Å². The molecule has 0 spiro atoms. The van der Waals surface area contributed by atoms with Gasteiger partial charge < -0.3 is 9.64 Å². The summed E-state index contributed by atoms with van der Waals surface area (Å²) in [6.45, 7) is 4.25. The normalized spacial score (nSPS) is 17.8. The van der Waals surface area contributed by atoms with E-state index < -0.39 is 10.9 Å². The summed E-state index contributed by atoms with van der Waals surface area (Å²) in [5.74, 6) is 0.219. The van der Waals surface area contributed by atoms with Gasteiger partial charge in [0.2, 0.25) is 0 Å². The van der Waals surface area contributed by atoms with Gasteiger partial charge in [0.25, 0.3) is 10.9 Å². The molecule has 2 aromatic rings. The number of anilines is 2. The number of benzene rings is 1. The minimum Gasteiger partial charge on any atom is -0.488 e. The number of para-hydroxylation sites is 1. The van der Waals surface area contributed by atoms with Gasteiger partial charge in [-0.1, -0.05) is 18.2 Å². The minimum absolute atomic E-state index is 0.167. The molecule has 2 aromatic carbocycles. The lowest BCUT2D eigenvalue weighted by molar-refractivity contribution is 0.333. The summed E-state index contributed by atoms with van der Waals surface area (Å²) >= 11 is 0. The lowest BCUT2D eigenvalue weighted by Gasteiger charge is -2.27. The number of nitrogens with zero attached hydrogens (tertiary/aromatic N) is 1. The maximum atomic E-state index is 11.9. The Hall–Kier alpha value is -2.10. The van der Waals surface area contributed by atoms with Crippen molar-refractivity contribution in [1.82, 2.24) is 0 Å². The Morgan fingerprint density at radius 1 is 1.26 bits per heavy atom. The van der Waals surface area contributed by atoms with Crippen LogP contribution < -0.4 is 20.5 Å². The Morgan fingerprint density at radius 2 is 2.00 bits per heavy atom. The molecule has 0 radical (unpaired) electrons. The summed E-state index contributed by atoms with van der Waals surface area (Å²) < 4.78 is 5.32. The third kappa shape index (κ3) is 1.59. The Bertz CT molecular complexity index is 698. The lowest BCUT2D eigenvalue weighted by Crippen LogP contribution is -2.41. The minimum atomic E-state index is -0.506. The van der Waals surface area contributed by atoms with Crippen molar-refractivity contribution < 1.29 is 4.74 Å². The van der Waals surface area contributed by atoms with E-state index in [4.69, 9.17) is 4.74 Å². The van der Waals surface area contributed by atoms with Gasteiger partial charge in [0, 0.05) is 11.7 Å². The monoisotopic (exact) mass is 257 g/mol. The number of fused-ring (bicyclic) bond motifs is 1. The van der Waals surface area contributed by atoms with Crippen LogP contribution in [-0.4, -0.2) is 12.6 Å². The molecule has 19 heavy (non-hydrogen) atoms. The molecule has 0 amide bonds. The van der Waals surface area contributed by atoms with Crippen molar-refractivity contribution in [2.75, 3.05) is 11.5 Å². The van der Waals surface area contributed by atoms with Crippen molar-refractivity contribution in [3.05, 3.63) is 50.3 Å². The van der Waals surface area contributed by atoms with E-state index in [1.54, 1.807) is 0 Å². The second-order valence-electron chi connectivity index (χ2n) is 4.82. The summed E-state index contributed by atoms with van der Waals surface area (Å²) in [5, 5.41) is 0. The standard InChI is InChI=1S/C15H15NO3/c1-3-19-15-12(13(17)14(15)18)16-9(2)8-10-6-4-5-7-11(10)16/h4-7,9H,3,8H2,1-2H3. The molecule has 0 bridgehead atoms. The third-order valence-corrected chi connectivity index (χ3v) is 3.58. The van der Waals surface area contributed by atoms with Crippen molar-refractivity contribution in [1.29, 1.82) is 0 Å². The molecule has 0 aliphatic carbocycles. The summed E-state index contributed by atoms with van der Waals surface area (Å²) in [6.07, 6.45) is 0.876. The fraction of sp³-hybridized carbons (Fsp3) is 0.333. The van der Waals surface area contributed by atoms with Crippen LogP contribution in [0.2, 0.25) is 0 Å². The molecule has 98 valence electrons. The molecule has 0 N–H and O–H groups in total. The molecule has 4 heteroatoms. The average molecular weight is 257 g/mol. The molecule has 0 saturated heterocycles. The largest absolute Gasteiger partial charge is 0.488 e. The second-order valence-corrected chi connectivity index (χ2v) is 4.82. The number of ether oxygens (including phenoxy) is 1. The van der Waals surface area contributed by atoms with E-state index in [2.05, 4.69) is 6.07 Å². The van der Waals surface area contributed by atoms with Crippen molar-refractivity contribution >= 4 is 11.4 Å². The number of rotatable bonds is 3. The zero-order valence-electron chi connectivity index (χ0n) is 11.0. The van der Waals surface area contributed by atoms with E-state index in [1.807, 2.05) is 36.9 Å². The Kier molecular flexibility index (Phi) is 2.66. The predicted octanol–water partition coefficient (Wildman–Crippen LogP) is 1.76. The number of hydrogen-bond acceptors (Lipinski definition) is 4. The van der Waals surface area contributed by atoms with Gasteiger partial charge in [0.05, 0.1) is 6.61 Å².